The number of aryl methyl sites for hydroxylation is 1. The molecule has 0 heterocycles. The molecule has 0 spiro atoms. The van der Waals surface area contributed by atoms with Crippen LogP contribution in [0.1, 0.15) is 18.1 Å². The number of nitrogens with zero attached hydrogens (tertiary/aromatic N) is 1. The third kappa shape index (κ3) is 3.91. The van der Waals surface area contributed by atoms with E-state index in [-0.39, 0.29) is 5.82 Å². The highest BCUT2D eigenvalue weighted by Gasteiger charge is 2.06. The van der Waals surface area contributed by atoms with Crippen LogP contribution in [-0.4, -0.2) is 31.6 Å². The van der Waals surface area contributed by atoms with Crippen molar-refractivity contribution in [3.05, 3.63) is 35.1 Å². The first-order valence-corrected chi connectivity index (χ1v) is 5.78. The van der Waals surface area contributed by atoms with Gasteiger partial charge in [-0.25, -0.2) is 4.39 Å². The molecule has 2 nitrogen and oxygen atoms in total. The third-order valence-electron chi connectivity index (χ3n) is 2.63. The highest BCUT2D eigenvalue weighted by molar-refractivity contribution is 5.24. The van der Waals surface area contributed by atoms with Gasteiger partial charge in [0.1, 0.15) is 5.82 Å². The maximum Gasteiger partial charge on any atom is 0.130 e. The Morgan fingerprint density at radius 2 is 2.12 bits per heavy atom. The van der Waals surface area contributed by atoms with E-state index in [0.717, 1.165) is 30.8 Å². The number of hydrogen-bond acceptors (Lipinski definition) is 2. The van der Waals surface area contributed by atoms with Crippen molar-refractivity contribution >= 4 is 0 Å². The van der Waals surface area contributed by atoms with E-state index in [1.807, 2.05) is 19.2 Å². The maximum atomic E-state index is 13.7. The van der Waals surface area contributed by atoms with Crippen molar-refractivity contribution in [2.24, 2.45) is 0 Å². The Hall–Kier alpha value is -0.930. The van der Waals surface area contributed by atoms with Crippen LogP contribution in [0.3, 0.4) is 0 Å². The largest absolute Gasteiger partial charge is 0.316 e. The maximum absolute atomic E-state index is 13.7. The molecule has 0 saturated carbocycles. The minimum Gasteiger partial charge on any atom is -0.316 e. The number of hydrogen-bond donors (Lipinski definition) is 1. The highest BCUT2D eigenvalue weighted by Crippen LogP contribution is 2.13. The second-order valence-corrected chi connectivity index (χ2v) is 4.14. The molecule has 1 aromatic rings. The van der Waals surface area contributed by atoms with Gasteiger partial charge in [-0.15, -0.1) is 0 Å². The lowest BCUT2D eigenvalue weighted by Crippen LogP contribution is -2.29. The number of benzene rings is 1. The van der Waals surface area contributed by atoms with E-state index in [4.69, 9.17) is 0 Å². The van der Waals surface area contributed by atoms with Crippen LogP contribution >= 0.6 is 0 Å². The average Bonchev–Trinajstić information content (AvgIpc) is 2.25. The van der Waals surface area contributed by atoms with Crippen LogP contribution in [0.2, 0.25) is 0 Å². The number of halogens is 1. The van der Waals surface area contributed by atoms with Crippen molar-refractivity contribution in [2.45, 2.75) is 20.4 Å². The van der Waals surface area contributed by atoms with Gasteiger partial charge in [0.15, 0.2) is 0 Å². The van der Waals surface area contributed by atoms with E-state index >= 15 is 0 Å². The van der Waals surface area contributed by atoms with Crippen LogP contribution in [0.4, 0.5) is 4.39 Å². The molecule has 1 N–H and O–H groups in total. The van der Waals surface area contributed by atoms with Crippen LogP contribution < -0.4 is 5.32 Å². The third-order valence-corrected chi connectivity index (χ3v) is 2.63. The molecular weight excluding hydrogens is 203 g/mol. The first-order valence-electron chi connectivity index (χ1n) is 5.78. The Balaban J connectivity index is 2.49. The summed E-state index contributed by atoms with van der Waals surface area (Å²) in [5, 5.41) is 3.26. The predicted octanol–water partition coefficient (Wildman–Crippen LogP) is 2.18. The number of nitrogens with one attached hydrogen (secondary N) is 1. The molecule has 0 aliphatic carbocycles. The van der Waals surface area contributed by atoms with E-state index < -0.39 is 0 Å². The van der Waals surface area contributed by atoms with E-state index in [1.165, 1.54) is 0 Å². The molecule has 0 aliphatic heterocycles. The molecule has 1 rings (SSSR count). The summed E-state index contributed by atoms with van der Waals surface area (Å²) in [5.41, 5.74) is 1.50. The van der Waals surface area contributed by atoms with Crippen molar-refractivity contribution < 1.29 is 4.39 Å². The summed E-state index contributed by atoms with van der Waals surface area (Å²) in [6, 6.07) is 5.56. The van der Waals surface area contributed by atoms with Crippen molar-refractivity contribution in [3.8, 4) is 0 Å². The summed E-state index contributed by atoms with van der Waals surface area (Å²) < 4.78 is 13.7. The van der Waals surface area contributed by atoms with Crippen LogP contribution in [0.25, 0.3) is 0 Å². The minimum atomic E-state index is -0.0715. The zero-order valence-corrected chi connectivity index (χ0v) is 10.4. The Bertz CT molecular complexity index is 326. The Morgan fingerprint density at radius 1 is 1.38 bits per heavy atom. The fourth-order valence-electron chi connectivity index (χ4n) is 1.65. The molecule has 0 saturated heterocycles. The summed E-state index contributed by atoms with van der Waals surface area (Å²) in [5.74, 6) is -0.0715. The van der Waals surface area contributed by atoms with E-state index in [9.17, 15) is 4.39 Å². The molecule has 0 amide bonds. The van der Waals surface area contributed by atoms with Gasteiger partial charge in [-0.05, 0) is 26.1 Å². The van der Waals surface area contributed by atoms with Gasteiger partial charge in [-0.1, -0.05) is 25.1 Å². The molecule has 3 heteroatoms. The van der Waals surface area contributed by atoms with Gasteiger partial charge in [0.2, 0.25) is 0 Å². The molecule has 90 valence electrons. The van der Waals surface area contributed by atoms with E-state index in [0.29, 0.717) is 6.54 Å². The standard InChI is InChI=1S/C13H21FN2/c1-4-15-8-9-16(3)10-12-7-5-6-11(2)13(12)14/h5-7,15H,4,8-10H2,1-3H3. The van der Waals surface area contributed by atoms with Crippen molar-refractivity contribution in [3.63, 3.8) is 0 Å². The molecule has 0 unspecified atom stereocenters. The first-order chi connectivity index (χ1) is 7.65. The zero-order valence-electron chi connectivity index (χ0n) is 10.4. The molecule has 1 aromatic carbocycles. The van der Waals surface area contributed by atoms with Crippen LogP contribution in [0.15, 0.2) is 18.2 Å². The molecule has 0 bridgehead atoms. The topological polar surface area (TPSA) is 15.3 Å². The lowest BCUT2D eigenvalue weighted by atomic mass is 10.1. The Morgan fingerprint density at radius 3 is 2.81 bits per heavy atom. The molecule has 0 fully saturated rings. The summed E-state index contributed by atoms with van der Waals surface area (Å²) in [4.78, 5) is 2.13. The molecule has 16 heavy (non-hydrogen) atoms. The van der Waals surface area contributed by atoms with Gasteiger partial charge in [0, 0.05) is 25.2 Å². The lowest BCUT2D eigenvalue weighted by Gasteiger charge is -2.17. The zero-order chi connectivity index (χ0) is 12.0. The average molecular weight is 224 g/mol. The molecule has 0 aliphatic rings. The van der Waals surface area contributed by atoms with E-state index in [2.05, 4.69) is 17.1 Å². The van der Waals surface area contributed by atoms with Crippen molar-refractivity contribution in [1.82, 2.24) is 10.2 Å². The Kier molecular flexibility index (Phi) is 5.43. The van der Waals surface area contributed by atoms with Gasteiger partial charge in [-0.3, -0.25) is 0 Å². The SMILES string of the molecule is CCNCCN(C)Cc1cccc(C)c1F. The lowest BCUT2D eigenvalue weighted by molar-refractivity contribution is 0.320. The fourth-order valence-corrected chi connectivity index (χ4v) is 1.65. The van der Waals surface area contributed by atoms with E-state index in [1.54, 1.807) is 13.0 Å². The summed E-state index contributed by atoms with van der Waals surface area (Å²) in [6.07, 6.45) is 0. The van der Waals surface area contributed by atoms with Gasteiger partial charge < -0.3 is 10.2 Å². The monoisotopic (exact) mass is 224 g/mol. The summed E-state index contributed by atoms with van der Waals surface area (Å²) >= 11 is 0. The fraction of sp³-hybridized carbons (Fsp3) is 0.538. The summed E-state index contributed by atoms with van der Waals surface area (Å²) in [7, 11) is 2.01. The normalized spacial score (nSPS) is 11.1. The summed E-state index contributed by atoms with van der Waals surface area (Å²) in [6.45, 7) is 7.41. The smallest absolute Gasteiger partial charge is 0.130 e. The highest BCUT2D eigenvalue weighted by atomic mass is 19.1. The molecule has 0 atom stereocenters. The van der Waals surface area contributed by atoms with Gasteiger partial charge in [0.25, 0.3) is 0 Å². The second kappa shape index (κ2) is 6.61. The molecular formula is C13H21FN2. The van der Waals surface area contributed by atoms with Crippen LogP contribution in [-0.2, 0) is 6.54 Å². The minimum absolute atomic E-state index is 0.0715. The van der Waals surface area contributed by atoms with Gasteiger partial charge >= 0.3 is 0 Å². The van der Waals surface area contributed by atoms with Crippen LogP contribution in [0.5, 0.6) is 0 Å². The second-order valence-electron chi connectivity index (χ2n) is 4.14. The first kappa shape index (κ1) is 13.1. The van der Waals surface area contributed by atoms with Crippen LogP contribution in [0, 0.1) is 12.7 Å². The van der Waals surface area contributed by atoms with Gasteiger partial charge in [0.05, 0.1) is 0 Å². The quantitative estimate of drug-likeness (QED) is 0.745. The Labute approximate surface area is 97.5 Å². The number of likely N-dealkylation sites (N-methyl/N-ethyl adjacent to an activating group) is 2. The predicted molar refractivity (Wildman–Crippen MR) is 66.0 cm³/mol. The molecule has 0 aromatic heterocycles. The van der Waals surface area contributed by atoms with Crippen molar-refractivity contribution in [2.75, 3.05) is 26.7 Å². The number of rotatable bonds is 6. The van der Waals surface area contributed by atoms with Gasteiger partial charge in [-0.2, -0.15) is 0 Å². The molecule has 0 radical (unpaired) electrons. The van der Waals surface area contributed by atoms with Crippen molar-refractivity contribution in [1.29, 1.82) is 0 Å².